The Balaban J connectivity index is 1.58. The molecule has 1 N–H and O–H groups in total. The molecule has 1 aromatic carbocycles. The summed E-state index contributed by atoms with van der Waals surface area (Å²) in [6.45, 7) is 7.55. The molecule has 1 aliphatic heterocycles. The molecule has 0 aliphatic carbocycles. The first-order chi connectivity index (χ1) is 14.1. The van der Waals surface area contributed by atoms with Gasteiger partial charge in [0, 0.05) is 19.7 Å². The van der Waals surface area contributed by atoms with Crippen LogP contribution >= 0.6 is 11.8 Å². The summed E-state index contributed by atoms with van der Waals surface area (Å²) in [5.74, 6) is 0.750. The van der Waals surface area contributed by atoms with Crippen molar-refractivity contribution in [3.8, 4) is 5.75 Å². The zero-order valence-electron chi connectivity index (χ0n) is 16.3. The summed E-state index contributed by atoms with van der Waals surface area (Å²) < 4.78 is 26.1. The van der Waals surface area contributed by atoms with Crippen LogP contribution < -0.4 is 10.1 Å². The maximum atomic E-state index is 13.0. The lowest BCUT2D eigenvalue weighted by atomic mass is 10.2. The number of allylic oxidation sites excluding steroid dienone is 1. The Kier molecular flexibility index (Phi) is 7.65. The predicted octanol–water partition coefficient (Wildman–Crippen LogP) is 2.96. The lowest BCUT2D eigenvalue weighted by Gasteiger charge is -2.15. The van der Waals surface area contributed by atoms with Gasteiger partial charge in [0.25, 0.3) is 0 Å². The number of benzene rings is 1. The average molecular weight is 421 g/mol. The van der Waals surface area contributed by atoms with E-state index in [-0.39, 0.29) is 29.7 Å². The highest BCUT2D eigenvalue weighted by Crippen LogP contribution is 2.23. The Bertz CT molecular complexity index is 822. The van der Waals surface area contributed by atoms with Crippen LogP contribution in [-0.4, -0.2) is 45.2 Å². The number of rotatable bonds is 10. The van der Waals surface area contributed by atoms with Gasteiger partial charge in [0.05, 0.1) is 11.4 Å². The molecule has 2 heterocycles. The van der Waals surface area contributed by atoms with E-state index in [4.69, 9.17) is 9.47 Å². The molecular weight excluding hydrogens is 395 g/mol. The number of thioether (sulfide) groups is 1. The summed E-state index contributed by atoms with van der Waals surface area (Å²) in [6.07, 6.45) is 3.86. The van der Waals surface area contributed by atoms with Gasteiger partial charge in [-0.25, -0.2) is 4.39 Å². The van der Waals surface area contributed by atoms with E-state index < -0.39 is 0 Å². The highest BCUT2D eigenvalue weighted by Gasteiger charge is 2.22. The van der Waals surface area contributed by atoms with E-state index in [2.05, 4.69) is 22.1 Å². The summed E-state index contributed by atoms with van der Waals surface area (Å²) >= 11 is 1.33. The largest absolute Gasteiger partial charge is 0.486 e. The number of hydrogen-bond acceptors (Lipinski definition) is 6. The molecule has 0 spiro atoms. The zero-order valence-corrected chi connectivity index (χ0v) is 17.2. The lowest BCUT2D eigenvalue weighted by Crippen LogP contribution is -2.36. The van der Waals surface area contributed by atoms with Gasteiger partial charge in [-0.2, -0.15) is 0 Å². The Morgan fingerprint density at radius 2 is 2.28 bits per heavy atom. The Morgan fingerprint density at radius 3 is 2.97 bits per heavy atom. The van der Waals surface area contributed by atoms with Crippen LogP contribution in [0.1, 0.15) is 25.6 Å². The van der Waals surface area contributed by atoms with Crippen LogP contribution in [0.4, 0.5) is 4.39 Å². The smallest absolute Gasteiger partial charge is 0.233 e. The van der Waals surface area contributed by atoms with Crippen molar-refractivity contribution in [1.82, 2.24) is 20.1 Å². The fraction of sp³-hybridized carbons (Fsp3) is 0.450. The van der Waals surface area contributed by atoms with Gasteiger partial charge < -0.3 is 14.8 Å². The quantitative estimate of drug-likeness (QED) is 0.470. The highest BCUT2D eigenvalue weighted by molar-refractivity contribution is 8.00. The molecule has 29 heavy (non-hydrogen) atoms. The molecule has 1 aromatic heterocycles. The molecule has 0 radical (unpaired) electrons. The molecule has 0 bridgehead atoms. The monoisotopic (exact) mass is 420 g/mol. The molecule has 9 heteroatoms. The summed E-state index contributed by atoms with van der Waals surface area (Å²) in [4.78, 5) is 12.4. The van der Waals surface area contributed by atoms with Crippen molar-refractivity contribution in [3.63, 3.8) is 0 Å². The maximum absolute atomic E-state index is 13.0. The molecule has 3 rings (SSSR count). The molecule has 7 nitrogen and oxygen atoms in total. The van der Waals surface area contributed by atoms with Crippen molar-refractivity contribution in [3.05, 3.63) is 48.6 Å². The van der Waals surface area contributed by atoms with Crippen LogP contribution in [0.15, 0.2) is 42.1 Å². The minimum Gasteiger partial charge on any atom is -0.486 e. The standard InChI is InChI=1S/C20H25FN4O3S/c1-3-10-25-18(13-28-16-8-6-15(21)7-9-16)23-24-20(25)29-14(2)19(26)22-12-17-5-4-11-27-17/h3,6-9,14,17H,1,4-5,10-13H2,2H3,(H,22,26)/t14-,17+/m1/s1. The second kappa shape index (κ2) is 10.4. The molecular formula is C20H25FN4O3S. The van der Waals surface area contributed by atoms with Gasteiger partial charge >= 0.3 is 0 Å². The minimum atomic E-state index is -0.338. The first-order valence-electron chi connectivity index (χ1n) is 9.54. The van der Waals surface area contributed by atoms with Gasteiger partial charge in [0.15, 0.2) is 11.0 Å². The third-order valence-corrected chi connectivity index (χ3v) is 5.55. The molecule has 156 valence electrons. The van der Waals surface area contributed by atoms with E-state index in [1.165, 1.54) is 23.9 Å². The molecule has 1 fully saturated rings. The lowest BCUT2D eigenvalue weighted by molar-refractivity contribution is -0.120. The maximum Gasteiger partial charge on any atom is 0.233 e. The van der Waals surface area contributed by atoms with E-state index in [1.807, 2.05) is 11.5 Å². The number of hydrogen-bond donors (Lipinski definition) is 1. The molecule has 1 aliphatic rings. The van der Waals surface area contributed by atoms with Crippen molar-refractivity contribution < 1.29 is 18.7 Å². The van der Waals surface area contributed by atoms with Crippen molar-refractivity contribution in [2.24, 2.45) is 0 Å². The molecule has 0 unspecified atom stereocenters. The fourth-order valence-electron chi connectivity index (χ4n) is 2.88. The second-order valence-electron chi connectivity index (χ2n) is 6.68. The van der Waals surface area contributed by atoms with Crippen molar-refractivity contribution in [2.75, 3.05) is 13.2 Å². The molecule has 1 saturated heterocycles. The Morgan fingerprint density at radius 1 is 1.48 bits per heavy atom. The molecule has 2 atom stereocenters. The molecule has 1 amide bonds. The summed E-state index contributed by atoms with van der Waals surface area (Å²) in [6, 6.07) is 5.78. The number of nitrogens with one attached hydrogen (secondary N) is 1. The van der Waals surface area contributed by atoms with Crippen LogP contribution in [-0.2, 0) is 22.7 Å². The number of nitrogens with zero attached hydrogens (tertiary/aromatic N) is 3. The van der Waals surface area contributed by atoms with Gasteiger partial charge in [-0.1, -0.05) is 17.8 Å². The first-order valence-corrected chi connectivity index (χ1v) is 10.4. The van der Waals surface area contributed by atoms with Crippen molar-refractivity contribution >= 4 is 17.7 Å². The van der Waals surface area contributed by atoms with Crippen LogP contribution in [0.3, 0.4) is 0 Å². The normalized spacial score (nSPS) is 17.1. The van der Waals surface area contributed by atoms with Gasteiger partial charge in [-0.3, -0.25) is 9.36 Å². The van der Waals surface area contributed by atoms with Crippen LogP contribution in [0.2, 0.25) is 0 Å². The number of amides is 1. The Hall–Kier alpha value is -2.39. The van der Waals surface area contributed by atoms with Gasteiger partial charge in [-0.15, -0.1) is 16.8 Å². The van der Waals surface area contributed by atoms with Gasteiger partial charge in [0.2, 0.25) is 5.91 Å². The van der Waals surface area contributed by atoms with Crippen molar-refractivity contribution in [1.29, 1.82) is 0 Å². The summed E-state index contributed by atoms with van der Waals surface area (Å²) in [7, 11) is 0. The third-order valence-electron chi connectivity index (χ3n) is 4.47. The number of carbonyl (C=O) groups is 1. The Labute approximate surface area is 173 Å². The number of halogens is 1. The third kappa shape index (κ3) is 6.04. The van der Waals surface area contributed by atoms with Crippen LogP contribution in [0, 0.1) is 5.82 Å². The van der Waals surface area contributed by atoms with Crippen LogP contribution in [0.25, 0.3) is 0 Å². The SMILES string of the molecule is C=CCn1c(COc2ccc(F)cc2)nnc1S[C@H](C)C(=O)NC[C@@H]1CCCO1. The average Bonchev–Trinajstić information content (AvgIpc) is 3.37. The number of ether oxygens (including phenoxy) is 2. The first kappa shape index (κ1) is 21.3. The number of carbonyl (C=O) groups excluding carboxylic acids is 1. The van der Waals surface area contributed by atoms with E-state index in [0.717, 1.165) is 19.4 Å². The van der Waals surface area contributed by atoms with Crippen molar-refractivity contribution in [2.45, 2.75) is 49.4 Å². The fourth-order valence-corrected chi connectivity index (χ4v) is 3.78. The summed E-state index contributed by atoms with van der Waals surface area (Å²) in [5, 5.41) is 11.6. The minimum absolute atomic E-state index is 0.0669. The summed E-state index contributed by atoms with van der Waals surface area (Å²) in [5.41, 5.74) is 0. The van der Waals surface area contributed by atoms with E-state index in [0.29, 0.717) is 29.8 Å². The van der Waals surface area contributed by atoms with Crippen LogP contribution in [0.5, 0.6) is 5.75 Å². The van der Waals surface area contributed by atoms with Gasteiger partial charge in [0.1, 0.15) is 18.2 Å². The second-order valence-corrected chi connectivity index (χ2v) is 7.99. The topological polar surface area (TPSA) is 78.3 Å². The number of aromatic nitrogens is 3. The van der Waals surface area contributed by atoms with Gasteiger partial charge in [-0.05, 0) is 44.0 Å². The highest BCUT2D eigenvalue weighted by atomic mass is 32.2. The molecule has 2 aromatic rings. The zero-order chi connectivity index (χ0) is 20.6. The molecule has 0 saturated carbocycles. The van der Waals surface area contributed by atoms with E-state index in [1.54, 1.807) is 18.2 Å². The predicted molar refractivity (Wildman–Crippen MR) is 108 cm³/mol. The van der Waals surface area contributed by atoms with E-state index >= 15 is 0 Å². The van der Waals surface area contributed by atoms with E-state index in [9.17, 15) is 9.18 Å².